The highest BCUT2D eigenvalue weighted by Gasteiger charge is 2.28. The Labute approximate surface area is 154 Å². The van der Waals surface area contributed by atoms with Crippen LogP contribution >= 0.6 is 11.3 Å². The molecule has 2 aromatic heterocycles. The van der Waals surface area contributed by atoms with E-state index in [0.29, 0.717) is 22.1 Å². The van der Waals surface area contributed by atoms with E-state index >= 15 is 0 Å². The third kappa shape index (κ3) is 3.37. The maximum absolute atomic E-state index is 12.4. The van der Waals surface area contributed by atoms with Crippen molar-refractivity contribution in [2.45, 2.75) is 46.1 Å². The molecule has 0 unspecified atom stereocenters. The Morgan fingerprint density at radius 2 is 2.04 bits per heavy atom. The molecule has 0 bridgehead atoms. The second-order valence-electron chi connectivity index (χ2n) is 6.29. The van der Waals surface area contributed by atoms with E-state index in [4.69, 9.17) is 14.9 Å². The highest BCUT2D eigenvalue weighted by atomic mass is 32.1. The lowest BCUT2D eigenvalue weighted by Crippen LogP contribution is -2.30. The number of esters is 1. The molecule has 0 saturated heterocycles. The first kappa shape index (κ1) is 18.2. The van der Waals surface area contributed by atoms with Crippen molar-refractivity contribution in [1.82, 2.24) is 0 Å². The molecule has 138 valence electrons. The number of rotatable bonds is 5. The van der Waals surface area contributed by atoms with Crippen LogP contribution in [0.3, 0.4) is 0 Å². The Bertz CT molecular complexity index is 896. The molecule has 1 atom stereocenters. The number of fused-ring (bicyclic) bond motifs is 1. The monoisotopic (exact) mass is 376 g/mol. The van der Waals surface area contributed by atoms with Gasteiger partial charge in [-0.25, -0.2) is 4.79 Å². The van der Waals surface area contributed by atoms with Gasteiger partial charge in [0.05, 0.1) is 5.56 Å². The molecule has 26 heavy (non-hydrogen) atoms. The first-order valence-corrected chi connectivity index (χ1v) is 9.12. The second kappa shape index (κ2) is 6.95. The summed E-state index contributed by atoms with van der Waals surface area (Å²) in [5, 5.41) is 3.10. The van der Waals surface area contributed by atoms with Crippen molar-refractivity contribution in [3.63, 3.8) is 0 Å². The van der Waals surface area contributed by atoms with Crippen LogP contribution in [0.5, 0.6) is 0 Å². The second-order valence-corrected chi connectivity index (χ2v) is 7.39. The van der Waals surface area contributed by atoms with Gasteiger partial charge < -0.3 is 20.2 Å². The van der Waals surface area contributed by atoms with E-state index in [-0.39, 0.29) is 5.56 Å². The molecule has 3 rings (SSSR count). The Morgan fingerprint density at radius 3 is 2.65 bits per heavy atom. The Hall–Kier alpha value is -2.61. The van der Waals surface area contributed by atoms with E-state index in [2.05, 4.69) is 5.32 Å². The van der Waals surface area contributed by atoms with Crippen LogP contribution in [-0.2, 0) is 22.4 Å². The van der Waals surface area contributed by atoms with Crippen molar-refractivity contribution in [1.29, 1.82) is 0 Å². The van der Waals surface area contributed by atoms with Crippen molar-refractivity contribution in [3.05, 3.63) is 39.2 Å². The van der Waals surface area contributed by atoms with Crippen LogP contribution in [0.25, 0.3) is 0 Å². The number of carbonyl (C=O) groups is 3. The molecule has 7 nitrogen and oxygen atoms in total. The number of carbonyl (C=O) groups excluding carboxylic acids is 3. The first-order chi connectivity index (χ1) is 12.3. The van der Waals surface area contributed by atoms with Crippen molar-refractivity contribution in [2.24, 2.45) is 5.73 Å². The van der Waals surface area contributed by atoms with Crippen molar-refractivity contribution in [3.8, 4) is 0 Å². The Morgan fingerprint density at radius 1 is 1.31 bits per heavy atom. The zero-order chi connectivity index (χ0) is 19.0. The summed E-state index contributed by atoms with van der Waals surface area (Å²) in [5.41, 5.74) is 7.06. The number of anilines is 1. The Kier molecular flexibility index (Phi) is 4.86. The minimum Gasteiger partial charge on any atom is -0.466 e. The van der Waals surface area contributed by atoms with Gasteiger partial charge in [0, 0.05) is 4.88 Å². The Balaban J connectivity index is 1.71. The maximum Gasteiger partial charge on any atom is 0.342 e. The number of furan rings is 1. The van der Waals surface area contributed by atoms with E-state index in [1.165, 1.54) is 18.3 Å². The van der Waals surface area contributed by atoms with E-state index < -0.39 is 23.9 Å². The zero-order valence-corrected chi connectivity index (χ0v) is 15.6. The zero-order valence-electron chi connectivity index (χ0n) is 14.8. The summed E-state index contributed by atoms with van der Waals surface area (Å²) in [6.07, 6.45) is 1.60. The van der Waals surface area contributed by atoms with Crippen LogP contribution in [0.1, 0.15) is 56.0 Å². The fourth-order valence-electron chi connectivity index (χ4n) is 3.08. The molecule has 0 fully saturated rings. The molecule has 0 aliphatic heterocycles. The number of hydrogen-bond donors (Lipinski definition) is 2. The van der Waals surface area contributed by atoms with E-state index in [1.807, 2.05) is 0 Å². The molecule has 3 N–H and O–H groups in total. The predicted octanol–water partition coefficient (Wildman–Crippen LogP) is 2.73. The van der Waals surface area contributed by atoms with Crippen LogP contribution < -0.4 is 11.1 Å². The van der Waals surface area contributed by atoms with Gasteiger partial charge in [-0.3, -0.25) is 9.59 Å². The summed E-state index contributed by atoms with van der Waals surface area (Å²) in [6.45, 7) is 4.85. The van der Waals surface area contributed by atoms with Gasteiger partial charge in [0.15, 0.2) is 6.10 Å². The molecular weight excluding hydrogens is 356 g/mol. The SMILES string of the molecule is Cc1cc(C(=O)O[C@@H](C)C(=O)Nc2sc3c(c2C(N)=O)CCC3)c(C)o1. The van der Waals surface area contributed by atoms with Gasteiger partial charge in [0.1, 0.15) is 22.1 Å². The molecule has 1 aliphatic carbocycles. The summed E-state index contributed by atoms with van der Waals surface area (Å²) in [6, 6.07) is 1.57. The summed E-state index contributed by atoms with van der Waals surface area (Å²) in [4.78, 5) is 37.5. The summed E-state index contributed by atoms with van der Waals surface area (Å²) < 4.78 is 10.5. The lowest BCUT2D eigenvalue weighted by Gasteiger charge is -2.13. The van der Waals surface area contributed by atoms with Crippen LogP contribution in [0.2, 0.25) is 0 Å². The van der Waals surface area contributed by atoms with E-state index in [0.717, 1.165) is 29.7 Å². The van der Waals surface area contributed by atoms with Crippen LogP contribution in [-0.4, -0.2) is 23.9 Å². The van der Waals surface area contributed by atoms with Gasteiger partial charge in [0.25, 0.3) is 11.8 Å². The van der Waals surface area contributed by atoms with Crippen LogP contribution in [0.15, 0.2) is 10.5 Å². The average Bonchev–Trinajstić information content (AvgIpc) is 3.20. The van der Waals surface area contributed by atoms with Crippen LogP contribution in [0.4, 0.5) is 5.00 Å². The highest BCUT2D eigenvalue weighted by Crippen LogP contribution is 2.38. The lowest BCUT2D eigenvalue weighted by atomic mass is 10.1. The molecule has 0 saturated carbocycles. The number of primary amides is 1. The fourth-order valence-corrected chi connectivity index (χ4v) is 4.38. The van der Waals surface area contributed by atoms with Crippen molar-refractivity contribution < 1.29 is 23.5 Å². The largest absolute Gasteiger partial charge is 0.466 e. The summed E-state index contributed by atoms with van der Waals surface area (Å²) in [7, 11) is 0. The lowest BCUT2D eigenvalue weighted by molar-refractivity contribution is -0.123. The number of hydrogen-bond acceptors (Lipinski definition) is 6. The van der Waals surface area contributed by atoms with Gasteiger partial charge in [0.2, 0.25) is 0 Å². The predicted molar refractivity (Wildman–Crippen MR) is 96.6 cm³/mol. The molecular formula is C18H20N2O5S. The van der Waals surface area contributed by atoms with Crippen molar-refractivity contribution in [2.75, 3.05) is 5.32 Å². The number of aryl methyl sites for hydroxylation is 3. The molecule has 0 aromatic carbocycles. The molecule has 0 spiro atoms. The van der Waals surface area contributed by atoms with E-state index in [1.54, 1.807) is 19.9 Å². The van der Waals surface area contributed by atoms with Gasteiger partial charge in [-0.15, -0.1) is 11.3 Å². The molecule has 1 aliphatic rings. The number of nitrogens with one attached hydrogen (secondary N) is 1. The smallest absolute Gasteiger partial charge is 0.342 e. The third-order valence-corrected chi connectivity index (χ3v) is 5.53. The number of amides is 2. The minimum absolute atomic E-state index is 0.287. The molecule has 2 amide bonds. The molecule has 8 heteroatoms. The fraction of sp³-hybridized carbons (Fsp3) is 0.389. The standard InChI is InChI=1S/C18H20N2O5S/c1-8-7-12(9(2)24-8)18(23)25-10(3)16(22)20-17-14(15(19)21)11-5-4-6-13(11)26-17/h7,10H,4-6H2,1-3H3,(H2,19,21)(H,20,22)/t10-/m0/s1. The summed E-state index contributed by atoms with van der Waals surface area (Å²) >= 11 is 1.36. The van der Waals surface area contributed by atoms with Gasteiger partial charge >= 0.3 is 5.97 Å². The van der Waals surface area contributed by atoms with Gasteiger partial charge in [-0.2, -0.15) is 0 Å². The number of ether oxygens (including phenoxy) is 1. The minimum atomic E-state index is -1.03. The third-order valence-electron chi connectivity index (χ3n) is 4.32. The topological polar surface area (TPSA) is 112 Å². The molecule has 2 heterocycles. The van der Waals surface area contributed by atoms with Gasteiger partial charge in [-0.05, 0) is 51.7 Å². The summed E-state index contributed by atoms with van der Waals surface area (Å²) in [5.74, 6) is -0.685. The first-order valence-electron chi connectivity index (χ1n) is 8.31. The molecule has 0 radical (unpaired) electrons. The molecule has 2 aromatic rings. The van der Waals surface area contributed by atoms with Crippen molar-refractivity contribution >= 4 is 34.1 Å². The van der Waals surface area contributed by atoms with E-state index in [9.17, 15) is 14.4 Å². The van der Waals surface area contributed by atoms with Gasteiger partial charge in [-0.1, -0.05) is 0 Å². The number of thiophene rings is 1. The maximum atomic E-state index is 12.4. The quantitative estimate of drug-likeness (QED) is 0.779. The highest BCUT2D eigenvalue weighted by molar-refractivity contribution is 7.17. The van der Waals surface area contributed by atoms with Crippen LogP contribution in [0, 0.1) is 13.8 Å². The average molecular weight is 376 g/mol. The normalized spacial score (nSPS) is 14.0. The number of nitrogens with two attached hydrogens (primary N) is 1.